The third kappa shape index (κ3) is 4.54. The van der Waals surface area contributed by atoms with E-state index in [1.807, 2.05) is 37.3 Å². The van der Waals surface area contributed by atoms with Crippen LogP contribution in [0.5, 0.6) is 5.75 Å². The van der Waals surface area contributed by atoms with Crippen molar-refractivity contribution in [1.82, 2.24) is 0 Å². The van der Waals surface area contributed by atoms with Crippen LogP contribution < -0.4 is 4.74 Å². The van der Waals surface area contributed by atoms with Crippen LogP contribution in [0.15, 0.2) is 48.5 Å². The minimum atomic E-state index is -3.53. The van der Waals surface area contributed by atoms with E-state index in [1.54, 1.807) is 18.2 Å². The van der Waals surface area contributed by atoms with Gasteiger partial charge in [-0.25, -0.2) is 8.42 Å². The Bertz CT molecular complexity index is 682. The highest BCUT2D eigenvalue weighted by Crippen LogP contribution is 2.22. The molecule has 106 valence electrons. The second-order valence-corrected chi connectivity index (χ2v) is 7.33. The van der Waals surface area contributed by atoms with E-state index in [4.69, 9.17) is 15.4 Å². The van der Waals surface area contributed by atoms with Crippen LogP contribution in [-0.4, -0.2) is 8.42 Å². The predicted molar refractivity (Wildman–Crippen MR) is 80.4 cm³/mol. The minimum absolute atomic E-state index is 0.172. The van der Waals surface area contributed by atoms with Gasteiger partial charge in [-0.3, -0.25) is 0 Å². The number of halogens is 1. The van der Waals surface area contributed by atoms with Gasteiger partial charge in [-0.1, -0.05) is 42.5 Å². The Morgan fingerprint density at radius 2 is 1.75 bits per heavy atom. The molecule has 0 N–H and O–H groups in total. The van der Waals surface area contributed by atoms with E-state index in [-0.39, 0.29) is 5.75 Å². The van der Waals surface area contributed by atoms with Crippen LogP contribution in [0.1, 0.15) is 16.7 Å². The topological polar surface area (TPSA) is 43.4 Å². The van der Waals surface area contributed by atoms with Gasteiger partial charge in [-0.2, -0.15) is 0 Å². The lowest BCUT2D eigenvalue weighted by molar-refractivity contribution is 0.304. The summed E-state index contributed by atoms with van der Waals surface area (Å²) in [5.41, 5.74) is 2.63. The Labute approximate surface area is 123 Å². The molecular formula is C15H15ClO3S. The Morgan fingerprint density at radius 1 is 1.05 bits per heavy atom. The highest BCUT2D eigenvalue weighted by molar-refractivity contribution is 8.13. The molecule has 2 rings (SSSR count). The summed E-state index contributed by atoms with van der Waals surface area (Å²) < 4.78 is 27.8. The highest BCUT2D eigenvalue weighted by atomic mass is 35.7. The van der Waals surface area contributed by atoms with Crippen LogP contribution >= 0.6 is 10.7 Å². The SMILES string of the molecule is Cc1cc(CS(=O)(=O)Cl)ccc1OCc1ccccc1. The predicted octanol–water partition coefficient (Wildman–Crippen LogP) is 3.64. The van der Waals surface area contributed by atoms with E-state index in [1.165, 1.54) is 0 Å². The molecule has 0 aliphatic rings. The maximum Gasteiger partial charge on any atom is 0.236 e. The standard InChI is InChI=1S/C15H15ClO3S/c1-12-9-14(11-20(16,17)18)7-8-15(12)19-10-13-5-3-2-4-6-13/h2-9H,10-11H2,1H3. The molecule has 0 saturated heterocycles. The summed E-state index contributed by atoms with van der Waals surface area (Å²) in [4.78, 5) is 0. The highest BCUT2D eigenvalue weighted by Gasteiger charge is 2.09. The maximum atomic E-state index is 11.0. The van der Waals surface area contributed by atoms with Crippen LogP contribution in [0.4, 0.5) is 0 Å². The summed E-state index contributed by atoms with van der Waals surface area (Å²) in [6, 6.07) is 15.1. The monoisotopic (exact) mass is 310 g/mol. The Kier molecular flexibility index (Phi) is 4.68. The lowest BCUT2D eigenvalue weighted by Crippen LogP contribution is -1.99. The van der Waals surface area contributed by atoms with Crippen molar-refractivity contribution in [2.75, 3.05) is 0 Å². The molecule has 0 bridgehead atoms. The van der Waals surface area contributed by atoms with E-state index >= 15 is 0 Å². The van der Waals surface area contributed by atoms with Crippen LogP contribution in [0.2, 0.25) is 0 Å². The van der Waals surface area contributed by atoms with Crippen molar-refractivity contribution in [2.24, 2.45) is 0 Å². The largest absolute Gasteiger partial charge is 0.489 e. The van der Waals surface area contributed by atoms with E-state index in [0.717, 1.165) is 16.9 Å². The molecule has 0 saturated carbocycles. The van der Waals surface area contributed by atoms with Gasteiger partial charge >= 0.3 is 0 Å². The molecule has 0 aliphatic carbocycles. The van der Waals surface area contributed by atoms with Crippen molar-refractivity contribution < 1.29 is 13.2 Å². The lowest BCUT2D eigenvalue weighted by Gasteiger charge is -2.10. The Balaban J connectivity index is 2.06. The van der Waals surface area contributed by atoms with Crippen molar-refractivity contribution >= 4 is 19.7 Å². The molecule has 0 heterocycles. The molecule has 0 radical (unpaired) electrons. The van der Waals surface area contributed by atoms with Gasteiger partial charge in [0.1, 0.15) is 12.4 Å². The first kappa shape index (κ1) is 14.9. The van der Waals surface area contributed by atoms with E-state index < -0.39 is 9.05 Å². The van der Waals surface area contributed by atoms with Gasteiger partial charge in [0.2, 0.25) is 9.05 Å². The third-order valence-corrected chi connectivity index (χ3v) is 3.82. The normalized spacial score (nSPS) is 11.3. The summed E-state index contributed by atoms with van der Waals surface area (Å²) in [6.07, 6.45) is 0. The van der Waals surface area contributed by atoms with Gasteiger partial charge in [0.25, 0.3) is 0 Å². The quantitative estimate of drug-likeness (QED) is 0.792. The number of hydrogen-bond donors (Lipinski definition) is 0. The molecule has 0 aromatic heterocycles. The summed E-state index contributed by atoms with van der Waals surface area (Å²) >= 11 is 0. The molecule has 0 aliphatic heterocycles. The number of aryl methyl sites for hydroxylation is 1. The van der Waals surface area contributed by atoms with Gasteiger partial charge in [0.05, 0.1) is 5.75 Å². The molecule has 2 aromatic carbocycles. The van der Waals surface area contributed by atoms with E-state index in [2.05, 4.69) is 0 Å². The first-order valence-corrected chi connectivity index (χ1v) is 8.60. The van der Waals surface area contributed by atoms with E-state index in [0.29, 0.717) is 12.2 Å². The number of benzene rings is 2. The van der Waals surface area contributed by atoms with Crippen LogP contribution in [0.25, 0.3) is 0 Å². The number of ether oxygens (including phenoxy) is 1. The fraction of sp³-hybridized carbons (Fsp3) is 0.200. The molecule has 2 aromatic rings. The molecule has 3 nitrogen and oxygen atoms in total. The Morgan fingerprint density at radius 3 is 2.35 bits per heavy atom. The molecule has 0 fully saturated rings. The molecule has 20 heavy (non-hydrogen) atoms. The summed E-state index contributed by atoms with van der Waals surface area (Å²) in [5.74, 6) is 0.568. The van der Waals surface area contributed by atoms with Crippen molar-refractivity contribution in [2.45, 2.75) is 19.3 Å². The summed E-state index contributed by atoms with van der Waals surface area (Å²) in [6.45, 7) is 2.36. The summed E-state index contributed by atoms with van der Waals surface area (Å²) in [7, 11) is 1.71. The van der Waals surface area contributed by atoms with Gasteiger partial charge in [0, 0.05) is 10.7 Å². The van der Waals surface area contributed by atoms with Gasteiger partial charge < -0.3 is 4.74 Å². The van der Waals surface area contributed by atoms with Crippen molar-refractivity contribution in [3.63, 3.8) is 0 Å². The van der Waals surface area contributed by atoms with E-state index in [9.17, 15) is 8.42 Å². The average molecular weight is 311 g/mol. The van der Waals surface area contributed by atoms with Crippen LogP contribution in [0.3, 0.4) is 0 Å². The number of hydrogen-bond acceptors (Lipinski definition) is 3. The van der Waals surface area contributed by atoms with Gasteiger partial charge in [-0.15, -0.1) is 0 Å². The van der Waals surface area contributed by atoms with Crippen LogP contribution in [0, 0.1) is 6.92 Å². The fourth-order valence-corrected chi connectivity index (χ4v) is 2.85. The fourth-order valence-electron chi connectivity index (χ4n) is 1.90. The third-order valence-electron chi connectivity index (χ3n) is 2.82. The maximum absolute atomic E-state index is 11.0. The van der Waals surface area contributed by atoms with Crippen molar-refractivity contribution in [3.05, 3.63) is 65.2 Å². The molecule has 0 atom stereocenters. The molecular weight excluding hydrogens is 296 g/mol. The zero-order valence-electron chi connectivity index (χ0n) is 11.0. The van der Waals surface area contributed by atoms with Gasteiger partial charge in [0.15, 0.2) is 0 Å². The zero-order chi connectivity index (χ0) is 14.6. The lowest BCUT2D eigenvalue weighted by atomic mass is 10.1. The molecule has 5 heteroatoms. The minimum Gasteiger partial charge on any atom is -0.489 e. The zero-order valence-corrected chi connectivity index (χ0v) is 12.6. The molecule has 0 amide bonds. The second-order valence-electron chi connectivity index (χ2n) is 4.56. The first-order valence-electron chi connectivity index (χ1n) is 6.12. The van der Waals surface area contributed by atoms with Crippen LogP contribution in [-0.2, 0) is 21.4 Å². The van der Waals surface area contributed by atoms with Gasteiger partial charge in [-0.05, 0) is 29.7 Å². The number of rotatable bonds is 5. The molecule has 0 unspecified atom stereocenters. The molecule has 0 spiro atoms. The summed E-state index contributed by atoms with van der Waals surface area (Å²) in [5, 5.41) is 0. The average Bonchev–Trinajstić information content (AvgIpc) is 2.37. The first-order chi connectivity index (χ1) is 9.44. The van der Waals surface area contributed by atoms with Crippen molar-refractivity contribution in [1.29, 1.82) is 0 Å². The van der Waals surface area contributed by atoms with Crippen molar-refractivity contribution in [3.8, 4) is 5.75 Å². The Hall–Kier alpha value is -1.52. The smallest absolute Gasteiger partial charge is 0.236 e. The second kappa shape index (κ2) is 6.29.